The number of hydrogen-bond donors (Lipinski definition) is 2. The molecule has 0 atom stereocenters. The van der Waals surface area contributed by atoms with Gasteiger partial charge in [0.1, 0.15) is 5.82 Å². The fourth-order valence-electron chi connectivity index (χ4n) is 5.20. The number of carbonyl (C=O) groups is 1. The van der Waals surface area contributed by atoms with Gasteiger partial charge in [-0.05, 0) is 85.5 Å². The van der Waals surface area contributed by atoms with Gasteiger partial charge in [-0.1, -0.05) is 36.4 Å². The number of piperidine rings is 1. The maximum atomic E-state index is 13.4. The van der Waals surface area contributed by atoms with Crippen LogP contribution in [0, 0.1) is 5.82 Å². The molecular weight excluding hydrogens is 565 g/mol. The maximum absolute atomic E-state index is 13.4. The maximum Gasteiger partial charge on any atom is 0.326 e. The van der Waals surface area contributed by atoms with E-state index in [-0.39, 0.29) is 23.6 Å². The molecule has 3 aromatic carbocycles. The first-order chi connectivity index (χ1) is 20.8. The molecule has 0 bridgehead atoms. The van der Waals surface area contributed by atoms with Crippen molar-refractivity contribution in [2.75, 3.05) is 33.8 Å². The third kappa shape index (κ3) is 8.39. The number of nitrogens with zero attached hydrogens (tertiary/aromatic N) is 3. The largest absolute Gasteiger partial charge is 0.326 e. The van der Waals surface area contributed by atoms with Gasteiger partial charge in [0.25, 0.3) is 0 Å². The van der Waals surface area contributed by atoms with E-state index in [9.17, 15) is 17.6 Å². The highest BCUT2D eigenvalue weighted by molar-refractivity contribution is 7.92. The number of hydrogen-bond acceptors (Lipinski definition) is 5. The van der Waals surface area contributed by atoms with Crippen molar-refractivity contribution in [3.8, 4) is 0 Å². The summed E-state index contributed by atoms with van der Waals surface area (Å²) in [5, 5.41) is 2.92. The van der Waals surface area contributed by atoms with E-state index < -0.39 is 10.0 Å². The van der Waals surface area contributed by atoms with Crippen molar-refractivity contribution in [2.24, 2.45) is 0 Å². The van der Waals surface area contributed by atoms with E-state index in [0.717, 1.165) is 55.0 Å². The number of anilines is 3. The molecule has 1 aliphatic heterocycles. The van der Waals surface area contributed by atoms with Gasteiger partial charge in [0.2, 0.25) is 10.0 Å². The quantitative estimate of drug-likeness (QED) is 0.223. The Morgan fingerprint density at radius 3 is 2.19 bits per heavy atom. The number of rotatable bonds is 10. The summed E-state index contributed by atoms with van der Waals surface area (Å²) in [6.07, 6.45) is 4.21. The molecule has 224 valence electrons. The average molecular weight is 602 g/mol. The lowest BCUT2D eigenvalue weighted by molar-refractivity contribution is 0.199. The van der Waals surface area contributed by atoms with Crippen molar-refractivity contribution in [1.82, 2.24) is 9.88 Å². The second-order valence-electron chi connectivity index (χ2n) is 10.7. The molecule has 10 heteroatoms. The summed E-state index contributed by atoms with van der Waals surface area (Å²) in [6, 6.07) is 26.7. The van der Waals surface area contributed by atoms with Gasteiger partial charge in [-0.3, -0.25) is 19.5 Å². The lowest BCUT2D eigenvalue weighted by Crippen LogP contribution is -2.49. The normalized spacial score (nSPS) is 14.3. The van der Waals surface area contributed by atoms with Crippen LogP contribution in [-0.2, 0) is 23.0 Å². The zero-order valence-electron chi connectivity index (χ0n) is 24.1. The number of pyridine rings is 1. The fourth-order valence-corrected chi connectivity index (χ4v) is 5.84. The number of benzene rings is 3. The SMILES string of the molecule is CCS(=O)(=O)Nc1ccc(Cc2ccc(CN3CCC(N(C(=O)Nc4ccc(F)cc4)c4ccccc4)CC3)cn2)cc1. The number of sulfonamides is 1. The van der Waals surface area contributed by atoms with Gasteiger partial charge in [0.05, 0.1) is 5.75 Å². The Morgan fingerprint density at radius 1 is 0.907 bits per heavy atom. The van der Waals surface area contributed by atoms with Crippen LogP contribution in [0.3, 0.4) is 0 Å². The molecule has 1 fully saturated rings. The number of halogens is 1. The number of carbonyl (C=O) groups excluding carboxylic acids is 1. The van der Waals surface area contributed by atoms with Gasteiger partial charge >= 0.3 is 6.03 Å². The first-order valence-electron chi connectivity index (χ1n) is 14.4. The minimum absolute atomic E-state index is 0.0308. The van der Waals surface area contributed by atoms with Crippen molar-refractivity contribution in [3.63, 3.8) is 0 Å². The van der Waals surface area contributed by atoms with Gasteiger partial charge < -0.3 is 5.32 Å². The van der Waals surface area contributed by atoms with Crippen molar-refractivity contribution in [2.45, 2.75) is 38.8 Å². The average Bonchev–Trinajstić information content (AvgIpc) is 3.02. The highest BCUT2D eigenvalue weighted by atomic mass is 32.2. The van der Waals surface area contributed by atoms with Crippen molar-refractivity contribution in [1.29, 1.82) is 0 Å². The zero-order chi connectivity index (χ0) is 30.2. The second kappa shape index (κ2) is 13.8. The summed E-state index contributed by atoms with van der Waals surface area (Å²) < 4.78 is 39.4. The summed E-state index contributed by atoms with van der Waals surface area (Å²) in [7, 11) is -3.30. The van der Waals surface area contributed by atoms with E-state index in [4.69, 9.17) is 0 Å². The molecule has 0 unspecified atom stereocenters. The number of nitrogens with one attached hydrogen (secondary N) is 2. The molecule has 2 N–H and O–H groups in total. The van der Waals surface area contributed by atoms with Crippen LogP contribution in [0.2, 0.25) is 0 Å². The lowest BCUT2D eigenvalue weighted by atomic mass is 10.0. The van der Waals surface area contributed by atoms with Gasteiger partial charge in [0.15, 0.2) is 0 Å². The number of amides is 2. The van der Waals surface area contributed by atoms with Crippen LogP contribution in [-0.4, -0.2) is 49.2 Å². The molecule has 2 heterocycles. The van der Waals surface area contributed by atoms with Crippen molar-refractivity contribution < 1.29 is 17.6 Å². The van der Waals surface area contributed by atoms with Crippen LogP contribution < -0.4 is 14.9 Å². The first-order valence-corrected chi connectivity index (χ1v) is 16.1. The summed E-state index contributed by atoms with van der Waals surface area (Å²) in [5.74, 6) is -0.313. The molecule has 4 aromatic rings. The second-order valence-corrected chi connectivity index (χ2v) is 12.7. The molecule has 1 aliphatic rings. The number of urea groups is 1. The van der Waals surface area contributed by atoms with Gasteiger partial charge in [-0.15, -0.1) is 0 Å². The highest BCUT2D eigenvalue weighted by Gasteiger charge is 2.29. The Morgan fingerprint density at radius 2 is 1.56 bits per heavy atom. The summed E-state index contributed by atoms with van der Waals surface area (Å²) in [6.45, 7) is 4.06. The number of aromatic nitrogens is 1. The summed E-state index contributed by atoms with van der Waals surface area (Å²) >= 11 is 0. The zero-order valence-corrected chi connectivity index (χ0v) is 24.9. The van der Waals surface area contributed by atoms with Crippen molar-refractivity contribution >= 4 is 33.1 Å². The van der Waals surface area contributed by atoms with E-state index in [1.807, 2.05) is 59.6 Å². The Hall–Kier alpha value is -4.28. The Labute approximate surface area is 252 Å². The summed E-state index contributed by atoms with van der Waals surface area (Å²) in [4.78, 5) is 22.3. The van der Waals surface area contributed by atoms with Gasteiger partial charge in [-0.25, -0.2) is 17.6 Å². The Balaban J connectivity index is 1.15. The smallest absolute Gasteiger partial charge is 0.308 e. The molecule has 8 nitrogen and oxygen atoms in total. The molecule has 5 rings (SSSR count). The van der Waals surface area contributed by atoms with Crippen LogP contribution in [0.4, 0.5) is 26.2 Å². The van der Waals surface area contributed by atoms with E-state index in [1.165, 1.54) is 12.1 Å². The van der Waals surface area contributed by atoms with E-state index in [1.54, 1.807) is 31.2 Å². The third-order valence-corrected chi connectivity index (χ3v) is 8.86. The van der Waals surface area contributed by atoms with Crippen LogP contribution >= 0.6 is 0 Å². The lowest BCUT2D eigenvalue weighted by Gasteiger charge is -2.38. The molecule has 0 saturated carbocycles. The standard InChI is InChI=1S/C33H36FN5O3S/c1-2-43(41,42)37-29-13-8-25(9-14-29)22-30-15-10-26(23-35-30)24-38-20-18-32(19-21-38)39(31-6-4-3-5-7-31)33(40)36-28-16-11-27(34)12-17-28/h3-17,23,32,37H,2,18-22,24H2,1H3,(H,36,40). The molecule has 0 aliphatic carbocycles. The third-order valence-electron chi connectivity index (χ3n) is 7.56. The summed E-state index contributed by atoms with van der Waals surface area (Å²) in [5.41, 5.74) is 5.05. The molecule has 0 spiro atoms. The first kappa shape index (κ1) is 30.2. The molecule has 2 amide bonds. The molecule has 43 heavy (non-hydrogen) atoms. The van der Waals surface area contributed by atoms with E-state index >= 15 is 0 Å². The van der Waals surface area contributed by atoms with Crippen LogP contribution in [0.25, 0.3) is 0 Å². The minimum Gasteiger partial charge on any atom is -0.308 e. The fraction of sp³-hybridized carbons (Fsp3) is 0.273. The Kier molecular flexibility index (Phi) is 9.68. The number of likely N-dealkylation sites (tertiary alicyclic amines) is 1. The van der Waals surface area contributed by atoms with Crippen LogP contribution in [0.15, 0.2) is 97.2 Å². The number of para-hydroxylation sites is 1. The molecule has 1 aromatic heterocycles. The topological polar surface area (TPSA) is 94.6 Å². The molecule has 0 radical (unpaired) electrons. The monoisotopic (exact) mass is 601 g/mol. The highest BCUT2D eigenvalue weighted by Crippen LogP contribution is 2.26. The van der Waals surface area contributed by atoms with E-state index in [0.29, 0.717) is 17.8 Å². The van der Waals surface area contributed by atoms with Crippen LogP contribution in [0.5, 0.6) is 0 Å². The minimum atomic E-state index is -3.30. The van der Waals surface area contributed by atoms with E-state index in [2.05, 4.69) is 26.0 Å². The van der Waals surface area contributed by atoms with Gasteiger partial charge in [-0.2, -0.15) is 0 Å². The predicted molar refractivity (Wildman–Crippen MR) is 169 cm³/mol. The van der Waals surface area contributed by atoms with Crippen LogP contribution in [0.1, 0.15) is 36.6 Å². The molecule has 1 saturated heterocycles. The van der Waals surface area contributed by atoms with Gasteiger partial charge in [0, 0.05) is 61.0 Å². The predicted octanol–water partition coefficient (Wildman–Crippen LogP) is 6.28. The molecular formula is C33H36FN5O3S. The van der Waals surface area contributed by atoms with Crippen molar-refractivity contribution in [3.05, 3.63) is 120 Å². The Bertz CT molecular complexity index is 1590.